The van der Waals surface area contributed by atoms with Gasteiger partial charge in [0.15, 0.2) is 11.5 Å². The number of aromatic amines is 1. The van der Waals surface area contributed by atoms with E-state index >= 15 is 0 Å². The Morgan fingerprint density at radius 2 is 1.85 bits per heavy atom. The minimum atomic E-state index is -1.70. The average Bonchev–Trinajstić information content (AvgIpc) is 2.62. The zero-order valence-corrected chi connectivity index (χ0v) is 14.2. The molecule has 11 nitrogen and oxygen atoms in total. The van der Waals surface area contributed by atoms with Gasteiger partial charge in [-0.15, -0.1) is 0 Å². The molecule has 0 aliphatic carbocycles. The molecule has 3 atom stereocenters. The highest BCUT2D eigenvalue weighted by Crippen LogP contribution is 2.27. The number of aryl methyl sites for hydroxylation is 1. The first-order valence-corrected chi connectivity index (χ1v) is 8.02. The fourth-order valence-electron chi connectivity index (χ4n) is 2.78. The Bertz CT molecular complexity index is 1080. The van der Waals surface area contributed by atoms with E-state index in [1.54, 1.807) is 6.92 Å². The number of nitrogens with one attached hydrogen (secondary N) is 1. The first-order chi connectivity index (χ1) is 12.7. The third-order valence-corrected chi connectivity index (χ3v) is 4.27. The number of aliphatic hydroxyl groups excluding tert-OH is 4. The summed E-state index contributed by atoms with van der Waals surface area (Å²) in [7, 11) is 0. The molecule has 2 aliphatic heterocycles. The van der Waals surface area contributed by atoms with Crippen LogP contribution < -0.4 is 11.2 Å². The molecule has 2 aliphatic rings. The molecule has 6 N–H and O–H groups in total. The number of H-pyrrole nitrogens is 1. The van der Waals surface area contributed by atoms with E-state index in [9.17, 15) is 30.0 Å². The lowest BCUT2D eigenvalue weighted by Gasteiger charge is -2.25. The second-order valence-corrected chi connectivity index (χ2v) is 6.20. The van der Waals surface area contributed by atoms with Crippen LogP contribution in [0.5, 0.6) is 5.75 Å². The van der Waals surface area contributed by atoms with Gasteiger partial charge in [-0.25, -0.2) is 9.78 Å². The van der Waals surface area contributed by atoms with Crippen LogP contribution in [0.1, 0.15) is 5.56 Å². The fraction of sp³-hybridized carbons (Fsp3) is 0.375. The highest BCUT2D eigenvalue weighted by molar-refractivity contribution is 5.81. The van der Waals surface area contributed by atoms with Crippen molar-refractivity contribution in [2.24, 2.45) is 0 Å². The summed E-state index contributed by atoms with van der Waals surface area (Å²) in [6.07, 6.45) is -4.87. The van der Waals surface area contributed by atoms with E-state index in [-0.39, 0.29) is 28.3 Å². The van der Waals surface area contributed by atoms with E-state index in [1.165, 1.54) is 16.7 Å². The van der Waals surface area contributed by atoms with Crippen molar-refractivity contribution in [1.82, 2.24) is 19.5 Å². The zero-order valence-electron chi connectivity index (χ0n) is 14.2. The van der Waals surface area contributed by atoms with Crippen molar-refractivity contribution in [1.29, 1.82) is 0 Å². The van der Waals surface area contributed by atoms with Crippen molar-refractivity contribution < 1.29 is 25.5 Å². The lowest BCUT2D eigenvalue weighted by atomic mass is 10.1. The number of phenols is 1. The second-order valence-electron chi connectivity index (χ2n) is 6.20. The van der Waals surface area contributed by atoms with Gasteiger partial charge in [-0.1, -0.05) is 0 Å². The smallest absolute Gasteiger partial charge is 0.349 e. The normalized spacial score (nSPS) is 15.1. The monoisotopic (exact) mass is 378 g/mol. The Balaban J connectivity index is 2.28. The Morgan fingerprint density at radius 1 is 1.15 bits per heavy atom. The average molecular weight is 378 g/mol. The highest BCUT2D eigenvalue weighted by Gasteiger charge is 2.27. The summed E-state index contributed by atoms with van der Waals surface area (Å²) < 4.78 is 1.24. The van der Waals surface area contributed by atoms with Gasteiger partial charge in [0, 0.05) is 6.07 Å². The quantitative estimate of drug-likeness (QED) is 0.265. The van der Waals surface area contributed by atoms with E-state index in [0.717, 1.165) is 0 Å². The Labute approximate surface area is 151 Å². The third-order valence-electron chi connectivity index (χ3n) is 4.27. The molecule has 11 heteroatoms. The molecule has 0 aromatic heterocycles. The Kier molecular flexibility index (Phi) is 4.93. The highest BCUT2D eigenvalue weighted by atomic mass is 16.4. The van der Waals surface area contributed by atoms with E-state index in [4.69, 9.17) is 5.11 Å². The molecule has 3 rings (SSSR count). The molecule has 0 spiro atoms. The molecule has 144 valence electrons. The first kappa shape index (κ1) is 18.9. The van der Waals surface area contributed by atoms with Crippen LogP contribution in [0, 0.1) is 6.92 Å². The second kappa shape index (κ2) is 7.04. The molecular formula is C16H18N4O7. The molecule has 0 saturated heterocycles. The summed E-state index contributed by atoms with van der Waals surface area (Å²) in [5.41, 5.74) is -0.861. The molecule has 27 heavy (non-hydrogen) atoms. The topological polar surface area (TPSA) is 182 Å². The van der Waals surface area contributed by atoms with Crippen LogP contribution in [0.4, 0.5) is 0 Å². The summed E-state index contributed by atoms with van der Waals surface area (Å²) in [6, 6.07) is 2.84. The van der Waals surface area contributed by atoms with Gasteiger partial charge in [0.1, 0.15) is 24.1 Å². The summed E-state index contributed by atoms with van der Waals surface area (Å²) in [5, 5.41) is 48.6. The number of aliphatic hydroxyl groups is 4. The van der Waals surface area contributed by atoms with Crippen molar-refractivity contribution >= 4 is 11.0 Å². The van der Waals surface area contributed by atoms with Gasteiger partial charge in [-0.3, -0.25) is 9.78 Å². The van der Waals surface area contributed by atoms with Gasteiger partial charge in [-0.2, -0.15) is 4.98 Å². The first-order valence-electron chi connectivity index (χ1n) is 8.02. The summed E-state index contributed by atoms with van der Waals surface area (Å²) in [6.45, 7) is 0.458. The zero-order chi connectivity index (χ0) is 19.9. The van der Waals surface area contributed by atoms with Crippen molar-refractivity contribution in [3.05, 3.63) is 38.5 Å². The summed E-state index contributed by atoms with van der Waals surface area (Å²) >= 11 is 0. The molecule has 0 radical (unpaired) electrons. The molecule has 0 amide bonds. The largest absolute Gasteiger partial charge is 0.508 e. The van der Waals surface area contributed by atoms with E-state index in [0.29, 0.717) is 5.56 Å². The van der Waals surface area contributed by atoms with E-state index in [1.807, 2.05) is 4.98 Å². The van der Waals surface area contributed by atoms with E-state index < -0.39 is 42.7 Å². The van der Waals surface area contributed by atoms with Gasteiger partial charge in [0.2, 0.25) is 0 Å². The Morgan fingerprint density at radius 3 is 2.52 bits per heavy atom. The van der Waals surface area contributed by atoms with Gasteiger partial charge in [0.25, 0.3) is 5.56 Å². The number of nitrogens with zero attached hydrogens (tertiary/aromatic N) is 3. The van der Waals surface area contributed by atoms with Crippen molar-refractivity contribution in [2.75, 3.05) is 6.61 Å². The van der Waals surface area contributed by atoms with Gasteiger partial charge < -0.3 is 30.1 Å². The number of hydrogen-bond donors (Lipinski definition) is 6. The van der Waals surface area contributed by atoms with Crippen LogP contribution >= 0.6 is 0 Å². The van der Waals surface area contributed by atoms with Gasteiger partial charge in [0.05, 0.1) is 24.2 Å². The van der Waals surface area contributed by atoms with Crippen LogP contribution in [0.25, 0.3) is 22.6 Å². The maximum absolute atomic E-state index is 12.1. The summed E-state index contributed by atoms with van der Waals surface area (Å²) in [4.78, 5) is 33.7. The molecular weight excluding hydrogens is 360 g/mol. The minimum Gasteiger partial charge on any atom is -0.508 e. The van der Waals surface area contributed by atoms with Gasteiger partial charge in [-0.05, 0) is 18.6 Å². The molecule has 0 saturated carbocycles. The number of hydrogen-bond acceptors (Lipinski definition) is 9. The van der Waals surface area contributed by atoms with Crippen molar-refractivity contribution in [3.8, 4) is 17.3 Å². The fourth-order valence-corrected chi connectivity index (χ4v) is 2.78. The number of aromatic hydroxyl groups is 1. The molecule has 0 fully saturated rings. The third kappa shape index (κ3) is 3.40. The maximum Gasteiger partial charge on any atom is 0.349 e. The standard InChI is InChI=1S/C16H18N4O7/c1-6-2-7-8(3-9(6)22)20(4-10(23)13(25)11(24)5-21)14-12(17-7)15(26)19-16(27)18-14/h2-3,10-11,13,21-25H,4-5H2,1H3,(H,19,26,27)/t10-,11+,13-/m0/s1. The van der Waals surface area contributed by atoms with Crippen LogP contribution in [0.15, 0.2) is 21.7 Å². The molecule has 2 heterocycles. The molecule has 1 aromatic carbocycles. The SMILES string of the molecule is Cc1cc2nc3c(=O)[nH]c(=O)nc-3n(C[C@H](O)[C@H](O)[C@H](O)CO)c2cc1O. The lowest BCUT2D eigenvalue weighted by Crippen LogP contribution is -2.42. The number of phenolic OH excluding ortho intramolecular Hbond substituents is 1. The van der Waals surface area contributed by atoms with Crippen molar-refractivity contribution in [3.63, 3.8) is 0 Å². The lowest BCUT2D eigenvalue weighted by molar-refractivity contribution is -0.0802. The number of fused-ring (bicyclic) bond motifs is 2. The van der Waals surface area contributed by atoms with Crippen LogP contribution in [-0.2, 0) is 6.54 Å². The number of rotatable bonds is 5. The molecule has 1 aromatic rings. The number of benzene rings is 1. The summed E-state index contributed by atoms with van der Waals surface area (Å²) in [5.74, 6) is -0.251. The van der Waals surface area contributed by atoms with Crippen LogP contribution in [-0.4, -0.2) is 70.0 Å². The minimum absolute atomic E-state index is 0.0879. The van der Waals surface area contributed by atoms with Crippen LogP contribution in [0.3, 0.4) is 0 Å². The Hall–Kier alpha value is -2.86. The van der Waals surface area contributed by atoms with E-state index in [2.05, 4.69) is 9.97 Å². The molecule has 0 unspecified atom stereocenters. The number of aromatic nitrogens is 4. The van der Waals surface area contributed by atoms with Gasteiger partial charge >= 0.3 is 5.69 Å². The molecule has 0 bridgehead atoms. The predicted octanol–water partition coefficient (Wildman–Crippen LogP) is -2.33. The predicted molar refractivity (Wildman–Crippen MR) is 92.5 cm³/mol. The van der Waals surface area contributed by atoms with Crippen LogP contribution in [0.2, 0.25) is 0 Å². The van der Waals surface area contributed by atoms with Crippen molar-refractivity contribution in [2.45, 2.75) is 31.8 Å². The maximum atomic E-state index is 12.1.